The van der Waals surface area contributed by atoms with Gasteiger partial charge in [0.1, 0.15) is 12.7 Å². The molecule has 0 saturated heterocycles. The molecule has 0 heterocycles. The number of benzene rings is 1. The van der Waals surface area contributed by atoms with Gasteiger partial charge in [-0.05, 0) is 19.1 Å². The molecule has 0 aliphatic rings. The quantitative estimate of drug-likeness (QED) is 0.389. The van der Waals surface area contributed by atoms with Crippen LogP contribution in [0.1, 0.15) is 6.92 Å². The van der Waals surface area contributed by atoms with Gasteiger partial charge in [0.2, 0.25) is 0 Å². The van der Waals surface area contributed by atoms with Crippen molar-refractivity contribution < 1.29 is 31.7 Å². The molecule has 1 unspecified atom stereocenters. The number of hydrogen-bond donors (Lipinski definition) is 3. The topological polar surface area (TPSA) is 114 Å². The zero-order valence-corrected chi connectivity index (χ0v) is 13.1. The van der Waals surface area contributed by atoms with Crippen molar-refractivity contribution in [1.82, 2.24) is 5.32 Å². The van der Waals surface area contributed by atoms with Crippen LogP contribution in [0.2, 0.25) is 0 Å². The summed E-state index contributed by atoms with van der Waals surface area (Å²) in [6, 6.07) is 7.14. The van der Waals surface area contributed by atoms with Crippen LogP contribution < -0.4 is 14.8 Å². The number of hydrogen-bond acceptors (Lipinski definition) is 7. The van der Waals surface area contributed by atoms with Crippen LogP contribution in [0.15, 0.2) is 24.3 Å². The summed E-state index contributed by atoms with van der Waals surface area (Å²) in [7, 11) is -4.42. The van der Waals surface area contributed by atoms with E-state index in [0.717, 1.165) is 0 Å². The Bertz CT molecular complexity index is 535. The first kappa shape index (κ1) is 18.7. The van der Waals surface area contributed by atoms with Crippen molar-refractivity contribution in [2.75, 3.05) is 32.9 Å². The van der Waals surface area contributed by atoms with Gasteiger partial charge in [0.25, 0.3) is 0 Å². The molecular weight excluding hydrogens is 314 g/mol. The van der Waals surface area contributed by atoms with Crippen molar-refractivity contribution in [2.45, 2.75) is 13.0 Å². The van der Waals surface area contributed by atoms with Crippen LogP contribution in [0.4, 0.5) is 0 Å². The van der Waals surface area contributed by atoms with Gasteiger partial charge in [-0.3, -0.25) is 4.55 Å². The standard InChI is InChI=1S/C13H21NO7S/c1-2-19-12-5-3-4-6-13(12)20-10-11(15)9-14-7-8-21-22(16,17)18/h3-6,11,14-15H,2,7-10H2,1H3,(H,16,17,18). The molecule has 0 amide bonds. The van der Waals surface area contributed by atoms with E-state index < -0.39 is 16.5 Å². The minimum absolute atomic E-state index is 0.0518. The van der Waals surface area contributed by atoms with Gasteiger partial charge in [0.15, 0.2) is 11.5 Å². The third kappa shape index (κ3) is 8.15. The first-order chi connectivity index (χ1) is 10.4. The summed E-state index contributed by atoms with van der Waals surface area (Å²) in [5.41, 5.74) is 0. The highest BCUT2D eigenvalue weighted by Gasteiger charge is 2.09. The Morgan fingerprint density at radius 3 is 2.45 bits per heavy atom. The fraction of sp³-hybridized carbons (Fsp3) is 0.538. The molecular formula is C13H21NO7S. The largest absolute Gasteiger partial charge is 0.490 e. The lowest BCUT2D eigenvalue weighted by atomic mass is 10.3. The number of rotatable bonds is 11. The molecule has 1 atom stereocenters. The molecule has 0 aliphatic heterocycles. The second kappa shape index (κ2) is 9.59. The smallest absolute Gasteiger partial charge is 0.397 e. The van der Waals surface area contributed by atoms with Gasteiger partial charge in [0, 0.05) is 13.1 Å². The lowest BCUT2D eigenvalue weighted by molar-refractivity contribution is 0.103. The van der Waals surface area contributed by atoms with Gasteiger partial charge in [-0.1, -0.05) is 12.1 Å². The lowest BCUT2D eigenvalue weighted by Gasteiger charge is -2.15. The average Bonchev–Trinajstić information content (AvgIpc) is 2.45. The maximum Gasteiger partial charge on any atom is 0.397 e. The Morgan fingerprint density at radius 1 is 1.23 bits per heavy atom. The Kier molecular flexibility index (Phi) is 8.13. The summed E-state index contributed by atoms with van der Waals surface area (Å²) in [6.07, 6.45) is -0.791. The fourth-order valence-electron chi connectivity index (χ4n) is 1.58. The van der Waals surface area contributed by atoms with E-state index in [-0.39, 0.29) is 26.3 Å². The summed E-state index contributed by atoms with van der Waals surface area (Å²) < 4.78 is 43.9. The van der Waals surface area contributed by atoms with E-state index in [1.165, 1.54) is 0 Å². The first-order valence-electron chi connectivity index (χ1n) is 6.77. The third-order valence-electron chi connectivity index (χ3n) is 2.47. The first-order valence-corrected chi connectivity index (χ1v) is 8.14. The number of para-hydroxylation sites is 2. The van der Waals surface area contributed by atoms with E-state index in [1.54, 1.807) is 18.2 Å². The molecule has 8 nitrogen and oxygen atoms in total. The van der Waals surface area contributed by atoms with Crippen molar-refractivity contribution in [2.24, 2.45) is 0 Å². The highest BCUT2D eigenvalue weighted by molar-refractivity contribution is 7.80. The third-order valence-corrected chi connectivity index (χ3v) is 2.94. The highest BCUT2D eigenvalue weighted by Crippen LogP contribution is 2.26. The Morgan fingerprint density at radius 2 is 1.86 bits per heavy atom. The normalized spacial score (nSPS) is 12.9. The molecule has 1 aromatic carbocycles. The van der Waals surface area contributed by atoms with Crippen molar-refractivity contribution in [3.05, 3.63) is 24.3 Å². The minimum atomic E-state index is -4.42. The van der Waals surface area contributed by atoms with Crippen LogP contribution in [-0.2, 0) is 14.6 Å². The molecule has 1 rings (SSSR count). The molecule has 126 valence electrons. The van der Waals surface area contributed by atoms with Crippen LogP contribution in [0.3, 0.4) is 0 Å². The molecule has 0 aromatic heterocycles. The van der Waals surface area contributed by atoms with Crippen LogP contribution >= 0.6 is 0 Å². The molecule has 9 heteroatoms. The highest BCUT2D eigenvalue weighted by atomic mass is 32.3. The fourth-order valence-corrected chi connectivity index (χ4v) is 1.87. The summed E-state index contributed by atoms with van der Waals surface area (Å²) in [5, 5.41) is 12.5. The predicted molar refractivity (Wildman–Crippen MR) is 79.5 cm³/mol. The van der Waals surface area contributed by atoms with Crippen LogP contribution in [0.5, 0.6) is 11.5 Å². The molecule has 0 radical (unpaired) electrons. The van der Waals surface area contributed by atoms with Crippen molar-refractivity contribution >= 4 is 10.4 Å². The van der Waals surface area contributed by atoms with E-state index in [0.29, 0.717) is 18.1 Å². The van der Waals surface area contributed by atoms with Gasteiger partial charge in [-0.15, -0.1) is 0 Å². The average molecular weight is 335 g/mol. The van der Waals surface area contributed by atoms with Crippen LogP contribution in [0, 0.1) is 0 Å². The molecule has 0 saturated carbocycles. The van der Waals surface area contributed by atoms with E-state index in [1.807, 2.05) is 13.0 Å². The zero-order valence-electron chi connectivity index (χ0n) is 12.3. The van der Waals surface area contributed by atoms with E-state index in [4.69, 9.17) is 14.0 Å². The van der Waals surface area contributed by atoms with E-state index in [2.05, 4.69) is 9.50 Å². The van der Waals surface area contributed by atoms with Crippen LogP contribution in [-0.4, -0.2) is 57.1 Å². The summed E-state index contributed by atoms with van der Waals surface area (Å²) in [4.78, 5) is 0. The molecule has 0 aliphatic carbocycles. The second-order valence-corrected chi connectivity index (χ2v) is 5.39. The zero-order chi connectivity index (χ0) is 16.4. The van der Waals surface area contributed by atoms with Gasteiger partial charge >= 0.3 is 10.4 Å². The van der Waals surface area contributed by atoms with Crippen molar-refractivity contribution in [3.8, 4) is 11.5 Å². The molecule has 0 spiro atoms. The molecule has 0 bridgehead atoms. The maximum absolute atomic E-state index is 10.3. The Labute approximate surface area is 130 Å². The predicted octanol–water partition coefficient (Wildman–Crippen LogP) is 0.234. The minimum Gasteiger partial charge on any atom is -0.490 e. The number of nitrogens with one attached hydrogen (secondary N) is 1. The monoisotopic (exact) mass is 335 g/mol. The number of aliphatic hydroxyl groups is 1. The number of ether oxygens (including phenoxy) is 2. The molecule has 3 N–H and O–H groups in total. The van der Waals surface area contributed by atoms with Crippen LogP contribution in [0.25, 0.3) is 0 Å². The Balaban J connectivity index is 2.24. The molecule has 0 fully saturated rings. The van der Waals surface area contributed by atoms with Gasteiger partial charge < -0.3 is 19.9 Å². The maximum atomic E-state index is 10.3. The van der Waals surface area contributed by atoms with Gasteiger partial charge in [-0.2, -0.15) is 8.42 Å². The number of aliphatic hydroxyl groups excluding tert-OH is 1. The van der Waals surface area contributed by atoms with Gasteiger partial charge in [0.05, 0.1) is 13.2 Å². The summed E-state index contributed by atoms with van der Waals surface area (Å²) >= 11 is 0. The molecule has 1 aromatic rings. The van der Waals surface area contributed by atoms with Crippen molar-refractivity contribution in [3.63, 3.8) is 0 Å². The Hall–Kier alpha value is -1.39. The van der Waals surface area contributed by atoms with E-state index in [9.17, 15) is 13.5 Å². The summed E-state index contributed by atoms with van der Waals surface area (Å²) in [5.74, 6) is 1.14. The summed E-state index contributed by atoms with van der Waals surface area (Å²) in [6.45, 7) is 2.55. The SMILES string of the molecule is CCOc1ccccc1OCC(O)CNCCOS(=O)(=O)O. The second-order valence-electron chi connectivity index (χ2n) is 4.30. The van der Waals surface area contributed by atoms with E-state index >= 15 is 0 Å². The van der Waals surface area contributed by atoms with Gasteiger partial charge in [-0.25, -0.2) is 4.18 Å². The molecule has 22 heavy (non-hydrogen) atoms. The lowest BCUT2D eigenvalue weighted by Crippen LogP contribution is -2.33. The van der Waals surface area contributed by atoms with Crippen molar-refractivity contribution in [1.29, 1.82) is 0 Å².